The summed E-state index contributed by atoms with van der Waals surface area (Å²) >= 11 is 0. The number of aryl methyl sites for hydroxylation is 1. The molecule has 0 bridgehead atoms. The lowest BCUT2D eigenvalue weighted by Crippen LogP contribution is -2.64. The summed E-state index contributed by atoms with van der Waals surface area (Å²) in [5.41, 5.74) is 1.88. The minimum Gasteiger partial charge on any atom is -0.375 e. The molecule has 0 radical (unpaired) electrons. The lowest BCUT2D eigenvalue weighted by atomic mass is 10.1. The number of methoxy groups -OCH3 is 1. The van der Waals surface area contributed by atoms with Gasteiger partial charge in [0.05, 0.1) is 23.6 Å². The molecule has 168 valence electrons. The topological polar surface area (TPSA) is 79.7 Å². The van der Waals surface area contributed by atoms with Gasteiger partial charge in [-0.15, -0.1) is 0 Å². The van der Waals surface area contributed by atoms with Crippen molar-refractivity contribution in [3.05, 3.63) is 30.1 Å². The molecule has 2 fully saturated rings. The molecule has 3 heterocycles. The van der Waals surface area contributed by atoms with Gasteiger partial charge in [0.2, 0.25) is 11.8 Å². The number of carbonyl (C=O) groups is 2. The van der Waals surface area contributed by atoms with Crippen molar-refractivity contribution in [2.75, 3.05) is 39.9 Å². The lowest BCUT2D eigenvalue weighted by molar-refractivity contribution is -0.144. The Kier molecular flexibility index (Phi) is 5.94. The van der Waals surface area contributed by atoms with Crippen LogP contribution in [0.15, 0.2) is 24.3 Å². The van der Waals surface area contributed by atoms with Crippen molar-refractivity contribution in [1.82, 2.24) is 24.7 Å². The zero-order chi connectivity index (χ0) is 22.2. The van der Waals surface area contributed by atoms with Gasteiger partial charge < -0.3 is 19.5 Å². The highest BCUT2D eigenvalue weighted by molar-refractivity contribution is 5.82. The van der Waals surface area contributed by atoms with Crippen molar-refractivity contribution in [3.63, 3.8) is 0 Å². The van der Waals surface area contributed by atoms with E-state index in [0.717, 1.165) is 16.9 Å². The fraction of sp³-hybridized carbons (Fsp3) is 0.571. The van der Waals surface area contributed by atoms with E-state index in [9.17, 15) is 18.4 Å². The molecule has 1 aromatic heterocycles. The summed E-state index contributed by atoms with van der Waals surface area (Å²) in [4.78, 5) is 32.3. The molecule has 2 amide bonds. The maximum Gasteiger partial charge on any atom is 0.262 e. The minimum atomic E-state index is -2.92. The van der Waals surface area contributed by atoms with E-state index in [-0.39, 0.29) is 18.6 Å². The van der Waals surface area contributed by atoms with E-state index in [1.54, 1.807) is 9.80 Å². The van der Waals surface area contributed by atoms with E-state index in [1.165, 1.54) is 7.11 Å². The number of imidazole rings is 1. The number of hydrogen-bond donors (Lipinski definition) is 1. The normalized spacial score (nSPS) is 21.4. The van der Waals surface area contributed by atoms with Crippen molar-refractivity contribution in [2.24, 2.45) is 7.05 Å². The Morgan fingerprint density at radius 3 is 2.74 bits per heavy atom. The first-order valence-electron chi connectivity index (χ1n) is 10.4. The van der Waals surface area contributed by atoms with Crippen molar-refractivity contribution in [2.45, 2.75) is 30.8 Å². The Balaban J connectivity index is 1.34. The Morgan fingerprint density at radius 1 is 1.29 bits per heavy atom. The maximum atomic E-state index is 14.1. The quantitative estimate of drug-likeness (QED) is 0.696. The molecule has 8 nitrogen and oxygen atoms in total. The maximum absolute atomic E-state index is 14.1. The van der Waals surface area contributed by atoms with Crippen LogP contribution in [0.4, 0.5) is 8.78 Å². The van der Waals surface area contributed by atoms with Crippen LogP contribution in [0.25, 0.3) is 11.0 Å². The zero-order valence-electron chi connectivity index (χ0n) is 17.7. The van der Waals surface area contributed by atoms with Crippen molar-refractivity contribution in [3.8, 4) is 0 Å². The molecule has 0 saturated carbocycles. The smallest absolute Gasteiger partial charge is 0.262 e. The predicted octanol–water partition coefficient (Wildman–Crippen LogP) is 0.799. The van der Waals surface area contributed by atoms with Crippen molar-refractivity contribution < 1.29 is 23.1 Å². The summed E-state index contributed by atoms with van der Waals surface area (Å²) in [6.45, 7) is 0.487. The van der Waals surface area contributed by atoms with Gasteiger partial charge in [0, 0.05) is 52.7 Å². The van der Waals surface area contributed by atoms with Gasteiger partial charge in [-0.1, -0.05) is 12.1 Å². The van der Waals surface area contributed by atoms with Gasteiger partial charge >= 0.3 is 0 Å². The minimum absolute atomic E-state index is 0.0327. The summed E-state index contributed by atoms with van der Waals surface area (Å²) in [5.74, 6) is -2.68. The molecule has 1 N–H and O–H groups in total. The molecule has 31 heavy (non-hydrogen) atoms. The van der Waals surface area contributed by atoms with Crippen molar-refractivity contribution >= 4 is 22.8 Å². The van der Waals surface area contributed by atoms with Crippen LogP contribution in [0.2, 0.25) is 0 Å². The second kappa shape index (κ2) is 8.51. The van der Waals surface area contributed by atoms with E-state index in [0.29, 0.717) is 26.1 Å². The number of alkyl halides is 2. The predicted molar refractivity (Wildman–Crippen MR) is 110 cm³/mol. The molecule has 0 spiro atoms. The number of nitrogens with one attached hydrogen (secondary N) is 1. The van der Waals surface area contributed by atoms with Gasteiger partial charge in [-0.3, -0.25) is 14.5 Å². The van der Waals surface area contributed by atoms with Gasteiger partial charge in [-0.25, -0.2) is 13.8 Å². The first-order chi connectivity index (χ1) is 14.8. The van der Waals surface area contributed by atoms with Crippen LogP contribution in [0.3, 0.4) is 0 Å². The van der Waals surface area contributed by atoms with Crippen LogP contribution >= 0.6 is 0 Å². The monoisotopic (exact) mass is 435 g/mol. The number of hydrogen-bond acceptors (Lipinski definition) is 5. The molecular formula is C21H27F2N5O3. The summed E-state index contributed by atoms with van der Waals surface area (Å²) in [5, 5.41) is 2.80. The molecule has 0 unspecified atom stereocenters. The number of benzene rings is 1. The second-order valence-corrected chi connectivity index (χ2v) is 8.25. The Hall–Kier alpha value is -2.59. The van der Waals surface area contributed by atoms with Crippen LogP contribution < -0.4 is 5.32 Å². The fourth-order valence-electron chi connectivity index (χ4n) is 4.39. The highest BCUT2D eigenvalue weighted by atomic mass is 19.3. The first kappa shape index (κ1) is 21.6. The number of amides is 2. The van der Waals surface area contributed by atoms with Gasteiger partial charge in [-0.2, -0.15) is 0 Å². The van der Waals surface area contributed by atoms with E-state index in [2.05, 4.69) is 10.3 Å². The summed E-state index contributed by atoms with van der Waals surface area (Å²) < 4.78 is 35.0. The van der Waals surface area contributed by atoms with Gasteiger partial charge in [0.25, 0.3) is 5.92 Å². The van der Waals surface area contributed by atoms with E-state index >= 15 is 0 Å². The highest BCUT2D eigenvalue weighted by Crippen LogP contribution is 2.35. The summed E-state index contributed by atoms with van der Waals surface area (Å²) in [6, 6.07) is 6.61. The summed E-state index contributed by atoms with van der Waals surface area (Å²) in [6.07, 6.45) is -0.00357. The van der Waals surface area contributed by atoms with Gasteiger partial charge in [0.15, 0.2) is 0 Å². The number of rotatable bonds is 7. The van der Waals surface area contributed by atoms with Crippen LogP contribution in [0, 0.1) is 0 Å². The molecule has 2 aliphatic rings. The van der Waals surface area contributed by atoms with E-state index < -0.39 is 30.8 Å². The van der Waals surface area contributed by atoms with Crippen LogP contribution in [-0.2, 0) is 27.8 Å². The molecule has 2 aromatic rings. The third-order valence-corrected chi connectivity index (χ3v) is 6.09. The summed E-state index contributed by atoms with van der Waals surface area (Å²) in [7, 11) is 3.35. The highest BCUT2D eigenvalue weighted by Gasteiger charge is 2.52. The third kappa shape index (κ3) is 4.40. The third-order valence-electron chi connectivity index (χ3n) is 6.09. The number of likely N-dealkylation sites (tertiary alicyclic amines) is 2. The number of nitrogens with zero attached hydrogens (tertiary/aromatic N) is 4. The first-order valence-corrected chi connectivity index (χ1v) is 10.4. The van der Waals surface area contributed by atoms with Gasteiger partial charge in [0.1, 0.15) is 12.4 Å². The average molecular weight is 435 g/mol. The number of aromatic nitrogens is 2. The number of carbonyl (C=O) groups excluding carboxylic acids is 2. The molecule has 2 aliphatic heterocycles. The largest absolute Gasteiger partial charge is 0.375 e. The number of fused-ring (bicyclic) bond motifs is 1. The standard InChI is InChI=1S/C21H27F2N5O3/c1-26-16-6-4-3-5-15(16)25-18(26)7-8-24-20(30)17-9-21(22,23)13-28(17)14-10-27(11-14)19(29)12-31-2/h3-6,14,17H,7-13H2,1-2H3,(H,24,30)/t17-/m0/s1. The molecule has 2 saturated heterocycles. The fourth-order valence-corrected chi connectivity index (χ4v) is 4.39. The Morgan fingerprint density at radius 2 is 2.03 bits per heavy atom. The van der Waals surface area contributed by atoms with Crippen LogP contribution in [0.5, 0.6) is 0 Å². The van der Waals surface area contributed by atoms with Crippen molar-refractivity contribution in [1.29, 1.82) is 0 Å². The average Bonchev–Trinajstić information content (AvgIpc) is 3.17. The number of ether oxygens (including phenoxy) is 1. The number of para-hydroxylation sites is 2. The molecule has 4 rings (SSSR count). The molecule has 10 heteroatoms. The van der Waals surface area contributed by atoms with Crippen LogP contribution in [0.1, 0.15) is 12.2 Å². The van der Waals surface area contributed by atoms with E-state index in [4.69, 9.17) is 4.74 Å². The molecule has 1 atom stereocenters. The van der Waals surface area contributed by atoms with Crippen LogP contribution in [-0.4, -0.2) is 89.1 Å². The Bertz CT molecular complexity index is 973. The molecule has 1 aromatic carbocycles. The number of halogens is 2. The molecular weight excluding hydrogens is 408 g/mol. The Labute approximate surface area is 179 Å². The van der Waals surface area contributed by atoms with Gasteiger partial charge in [-0.05, 0) is 12.1 Å². The second-order valence-electron chi connectivity index (χ2n) is 8.25. The SMILES string of the molecule is COCC(=O)N1CC(N2CC(F)(F)C[C@H]2C(=O)NCCc2nc3ccccc3n2C)C1. The zero-order valence-corrected chi connectivity index (χ0v) is 17.7. The lowest BCUT2D eigenvalue weighted by Gasteiger charge is -2.45. The molecule has 0 aliphatic carbocycles. The van der Waals surface area contributed by atoms with E-state index in [1.807, 2.05) is 35.9 Å².